The lowest BCUT2D eigenvalue weighted by Crippen LogP contribution is -2.07. The molecule has 0 spiro atoms. The van der Waals surface area contributed by atoms with Crippen LogP contribution in [0.1, 0.15) is 29.3 Å². The Bertz CT molecular complexity index is 452. The Labute approximate surface area is 98.9 Å². The highest BCUT2D eigenvalue weighted by Gasteiger charge is 2.04. The van der Waals surface area contributed by atoms with Gasteiger partial charge in [-0.2, -0.15) is 0 Å². The number of halogens is 1. The third-order valence-corrected chi connectivity index (χ3v) is 2.31. The summed E-state index contributed by atoms with van der Waals surface area (Å²) in [5.41, 5.74) is 6.31. The molecule has 0 aromatic heterocycles. The quantitative estimate of drug-likeness (QED) is 0.818. The van der Waals surface area contributed by atoms with Gasteiger partial charge in [-0.25, -0.2) is 0 Å². The summed E-state index contributed by atoms with van der Waals surface area (Å²) in [5.74, 6) is -0.458. The van der Waals surface area contributed by atoms with Crippen LogP contribution in [0.3, 0.4) is 0 Å². The van der Waals surface area contributed by atoms with Crippen molar-refractivity contribution in [3.8, 4) is 0 Å². The number of ketones is 1. The van der Waals surface area contributed by atoms with Crippen LogP contribution in [0.5, 0.6) is 0 Å². The number of hydrogen-bond acceptors (Lipinski definition) is 2. The lowest BCUT2D eigenvalue weighted by Gasteiger charge is -2.00. The van der Waals surface area contributed by atoms with Crippen molar-refractivity contribution >= 4 is 29.4 Å². The van der Waals surface area contributed by atoms with Gasteiger partial charge in [-0.3, -0.25) is 9.59 Å². The van der Waals surface area contributed by atoms with E-state index in [1.807, 2.05) is 0 Å². The number of hydrogen-bond donors (Lipinski definition) is 1. The van der Waals surface area contributed by atoms with Crippen LogP contribution < -0.4 is 5.73 Å². The molecular formula is C12H12ClNO2. The highest BCUT2D eigenvalue weighted by Crippen LogP contribution is 2.19. The molecule has 1 aromatic carbocycles. The second-order valence-electron chi connectivity index (χ2n) is 3.37. The molecule has 0 unspecified atom stereocenters. The topological polar surface area (TPSA) is 60.2 Å². The van der Waals surface area contributed by atoms with E-state index in [1.54, 1.807) is 30.4 Å². The van der Waals surface area contributed by atoms with Crippen molar-refractivity contribution in [2.45, 2.75) is 13.3 Å². The lowest BCUT2D eigenvalue weighted by molar-refractivity contribution is -0.117. The summed E-state index contributed by atoms with van der Waals surface area (Å²) in [4.78, 5) is 21.6. The van der Waals surface area contributed by atoms with Crippen LogP contribution in [0.4, 0.5) is 0 Å². The Kier molecular flexibility index (Phi) is 4.26. The molecule has 0 bridgehead atoms. The molecule has 3 nitrogen and oxygen atoms in total. The zero-order chi connectivity index (χ0) is 12.1. The average Bonchev–Trinajstić information content (AvgIpc) is 2.16. The molecule has 4 heteroatoms. The van der Waals surface area contributed by atoms with Crippen molar-refractivity contribution in [3.05, 3.63) is 40.4 Å². The number of nitrogens with two attached hydrogens (primary N) is 1. The van der Waals surface area contributed by atoms with E-state index in [9.17, 15) is 9.59 Å². The van der Waals surface area contributed by atoms with Gasteiger partial charge in [-0.1, -0.05) is 29.8 Å². The summed E-state index contributed by atoms with van der Waals surface area (Å²) in [6.07, 6.45) is 3.58. The van der Waals surface area contributed by atoms with Gasteiger partial charge in [0, 0.05) is 12.0 Å². The summed E-state index contributed by atoms with van der Waals surface area (Å²) < 4.78 is 0. The van der Waals surface area contributed by atoms with Crippen LogP contribution in [0.25, 0.3) is 6.08 Å². The minimum atomic E-state index is -0.386. The number of amides is 1. The van der Waals surface area contributed by atoms with E-state index in [2.05, 4.69) is 0 Å². The first-order valence-electron chi connectivity index (χ1n) is 4.76. The molecular weight excluding hydrogens is 226 g/mol. The Hall–Kier alpha value is -1.61. The fourth-order valence-electron chi connectivity index (χ4n) is 1.23. The van der Waals surface area contributed by atoms with E-state index in [1.165, 1.54) is 6.92 Å². The molecule has 0 saturated carbocycles. The van der Waals surface area contributed by atoms with E-state index in [0.717, 1.165) is 5.56 Å². The van der Waals surface area contributed by atoms with Crippen molar-refractivity contribution in [1.29, 1.82) is 0 Å². The molecule has 84 valence electrons. The predicted octanol–water partition coefficient (Wildman–Crippen LogP) is 2.43. The first-order valence-corrected chi connectivity index (χ1v) is 5.14. The normalized spacial score (nSPS) is 10.6. The zero-order valence-electron chi connectivity index (χ0n) is 8.87. The summed E-state index contributed by atoms with van der Waals surface area (Å²) >= 11 is 5.92. The van der Waals surface area contributed by atoms with E-state index >= 15 is 0 Å². The van der Waals surface area contributed by atoms with Gasteiger partial charge < -0.3 is 5.73 Å². The molecule has 0 fully saturated rings. The van der Waals surface area contributed by atoms with Gasteiger partial charge in [0.1, 0.15) is 0 Å². The number of carbonyl (C=O) groups excluding carboxylic acids is 2. The molecule has 16 heavy (non-hydrogen) atoms. The maximum atomic E-state index is 11.1. The van der Waals surface area contributed by atoms with Gasteiger partial charge in [-0.05, 0) is 24.6 Å². The van der Waals surface area contributed by atoms with Crippen molar-refractivity contribution in [1.82, 2.24) is 0 Å². The maximum absolute atomic E-state index is 11.1. The average molecular weight is 238 g/mol. The predicted molar refractivity (Wildman–Crippen MR) is 64.3 cm³/mol. The summed E-state index contributed by atoms with van der Waals surface area (Å²) in [6.45, 7) is 1.46. The highest BCUT2D eigenvalue weighted by molar-refractivity contribution is 6.34. The monoisotopic (exact) mass is 237 g/mol. The fourth-order valence-corrected chi connectivity index (χ4v) is 1.55. The minimum absolute atomic E-state index is 0.0716. The Morgan fingerprint density at radius 2 is 2.12 bits per heavy atom. The Balaban J connectivity index is 2.85. The second kappa shape index (κ2) is 5.47. The molecule has 0 heterocycles. The summed E-state index contributed by atoms with van der Waals surface area (Å²) in [7, 11) is 0. The fraction of sp³-hybridized carbons (Fsp3) is 0.167. The SMILES string of the molecule is CC(=O)c1ccc(C=CCC(N)=O)cc1Cl. The molecule has 0 radical (unpaired) electrons. The van der Waals surface area contributed by atoms with Gasteiger partial charge in [0.2, 0.25) is 5.91 Å². The van der Waals surface area contributed by atoms with Gasteiger partial charge in [0.05, 0.1) is 5.02 Å². The Morgan fingerprint density at radius 1 is 1.44 bits per heavy atom. The molecule has 0 saturated heterocycles. The first kappa shape index (κ1) is 12.5. The Morgan fingerprint density at radius 3 is 2.62 bits per heavy atom. The second-order valence-corrected chi connectivity index (χ2v) is 3.78. The molecule has 1 amide bonds. The molecule has 1 rings (SSSR count). The van der Waals surface area contributed by atoms with E-state index in [-0.39, 0.29) is 18.1 Å². The van der Waals surface area contributed by atoms with Crippen LogP contribution >= 0.6 is 11.6 Å². The van der Waals surface area contributed by atoms with Gasteiger partial charge >= 0.3 is 0 Å². The summed E-state index contributed by atoms with van der Waals surface area (Å²) in [6, 6.07) is 5.10. The van der Waals surface area contributed by atoms with Crippen LogP contribution in [0.15, 0.2) is 24.3 Å². The molecule has 2 N–H and O–H groups in total. The van der Waals surface area contributed by atoms with Crippen LogP contribution in [-0.4, -0.2) is 11.7 Å². The minimum Gasteiger partial charge on any atom is -0.369 e. The third-order valence-electron chi connectivity index (χ3n) is 2.00. The molecule has 0 aliphatic rings. The third kappa shape index (κ3) is 3.51. The number of carbonyl (C=O) groups is 2. The molecule has 1 aromatic rings. The van der Waals surface area contributed by atoms with Gasteiger partial charge in [-0.15, -0.1) is 0 Å². The highest BCUT2D eigenvalue weighted by atomic mass is 35.5. The first-order chi connectivity index (χ1) is 7.50. The number of benzene rings is 1. The maximum Gasteiger partial charge on any atom is 0.221 e. The zero-order valence-corrected chi connectivity index (χ0v) is 9.62. The molecule has 0 aliphatic heterocycles. The lowest BCUT2D eigenvalue weighted by atomic mass is 10.1. The smallest absolute Gasteiger partial charge is 0.221 e. The standard InChI is InChI=1S/C12H12ClNO2/c1-8(15)10-6-5-9(7-11(10)13)3-2-4-12(14)16/h2-3,5-7H,4H2,1H3,(H2,14,16). The summed E-state index contributed by atoms with van der Waals surface area (Å²) in [5, 5.41) is 0.411. The van der Waals surface area contributed by atoms with E-state index < -0.39 is 0 Å². The van der Waals surface area contributed by atoms with Gasteiger partial charge in [0.15, 0.2) is 5.78 Å². The number of primary amides is 1. The van der Waals surface area contributed by atoms with E-state index in [0.29, 0.717) is 10.6 Å². The van der Waals surface area contributed by atoms with Crippen molar-refractivity contribution in [2.24, 2.45) is 5.73 Å². The van der Waals surface area contributed by atoms with Gasteiger partial charge in [0.25, 0.3) is 0 Å². The van der Waals surface area contributed by atoms with Crippen molar-refractivity contribution < 1.29 is 9.59 Å². The van der Waals surface area contributed by atoms with Crippen LogP contribution in [-0.2, 0) is 4.79 Å². The molecule has 0 atom stereocenters. The number of Topliss-reactive ketones (excluding diaryl/α,β-unsaturated/α-hetero) is 1. The van der Waals surface area contributed by atoms with E-state index in [4.69, 9.17) is 17.3 Å². The largest absolute Gasteiger partial charge is 0.369 e. The van der Waals surface area contributed by atoms with Crippen LogP contribution in [0.2, 0.25) is 5.02 Å². The molecule has 0 aliphatic carbocycles. The van der Waals surface area contributed by atoms with Crippen molar-refractivity contribution in [2.75, 3.05) is 0 Å². The van der Waals surface area contributed by atoms with Crippen LogP contribution in [0, 0.1) is 0 Å². The van der Waals surface area contributed by atoms with Crippen molar-refractivity contribution in [3.63, 3.8) is 0 Å². The number of rotatable bonds is 4.